The molecular weight excluding hydrogens is 384 g/mol. The lowest BCUT2D eigenvalue weighted by Crippen LogP contribution is -2.50. The van der Waals surface area contributed by atoms with Crippen LogP contribution >= 0.6 is 0 Å². The standard InChI is InChI=1S/C20H22O5S2/c1-20(2)18(14-7-11-16(12-8-14)27(4,24)25)17(19(20)21)13-5-9-15(10-6-13)26(3,22)23/h5-12,17-18H,1-4H3/t17-,18-/m0/s1. The Kier molecular flexibility index (Phi) is 4.59. The fraction of sp³-hybridized carbons (Fsp3) is 0.350. The first kappa shape index (κ1) is 19.8. The number of benzene rings is 2. The normalized spacial score (nSPS) is 22.3. The SMILES string of the molecule is CC1(C)C(=O)[C@@H](c2ccc(S(C)(=O)=O)cc2)[C@@H]1c1ccc(S(C)(=O)=O)cc1. The van der Waals surface area contributed by atoms with Crippen LogP contribution in [0.1, 0.15) is 36.8 Å². The molecule has 2 atom stereocenters. The van der Waals surface area contributed by atoms with E-state index in [4.69, 9.17) is 0 Å². The number of hydrogen-bond donors (Lipinski definition) is 0. The number of sulfone groups is 2. The molecule has 0 aromatic heterocycles. The van der Waals surface area contributed by atoms with Gasteiger partial charge < -0.3 is 0 Å². The maximum atomic E-state index is 12.8. The van der Waals surface area contributed by atoms with E-state index in [0.29, 0.717) is 0 Å². The summed E-state index contributed by atoms with van der Waals surface area (Å²) in [6, 6.07) is 13.1. The van der Waals surface area contributed by atoms with Gasteiger partial charge in [0.15, 0.2) is 19.7 Å². The third kappa shape index (κ3) is 3.46. The Labute approximate surface area is 160 Å². The van der Waals surface area contributed by atoms with E-state index in [2.05, 4.69) is 0 Å². The van der Waals surface area contributed by atoms with Crippen LogP contribution < -0.4 is 0 Å². The second-order valence-electron chi connectivity index (χ2n) is 7.72. The van der Waals surface area contributed by atoms with Crippen molar-refractivity contribution in [1.29, 1.82) is 0 Å². The molecule has 144 valence electrons. The van der Waals surface area contributed by atoms with Gasteiger partial charge in [0.2, 0.25) is 0 Å². The number of hydrogen-bond acceptors (Lipinski definition) is 5. The zero-order valence-electron chi connectivity index (χ0n) is 15.6. The van der Waals surface area contributed by atoms with E-state index in [1.54, 1.807) is 36.4 Å². The molecule has 7 heteroatoms. The number of rotatable bonds is 4. The monoisotopic (exact) mass is 406 g/mol. The minimum Gasteiger partial charge on any atom is -0.298 e. The Balaban J connectivity index is 1.99. The van der Waals surface area contributed by atoms with Crippen molar-refractivity contribution in [2.45, 2.75) is 35.5 Å². The molecular formula is C20H22O5S2. The highest BCUT2D eigenvalue weighted by molar-refractivity contribution is 7.91. The molecule has 1 aliphatic carbocycles. The minimum atomic E-state index is -3.30. The van der Waals surface area contributed by atoms with Gasteiger partial charge in [-0.05, 0) is 35.4 Å². The number of carbonyl (C=O) groups excluding carboxylic acids is 1. The van der Waals surface area contributed by atoms with Crippen LogP contribution in [-0.4, -0.2) is 35.1 Å². The summed E-state index contributed by atoms with van der Waals surface area (Å²) in [5, 5.41) is 0. The fourth-order valence-electron chi connectivity index (χ4n) is 3.82. The van der Waals surface area contributed by atoms with Crippen LogP contribution in [0.25, 0.3) is 0 Å². The smallest absolute Gasteiger partial charge is 0.175 e. The van der Waals surface area contributed by atoms with E-state index in [1.165, 1.54) is 12.1 Å². The summed E-state index contributed by atoms with van der Waals surface area (Å²) < 4.78 is 46.6. The van der Waals surface area contributed by atoms with Crippen LogP contribution in [0.5, 0.6) is 0 Å². The molecule has 1 fully saturated rings. The van der Waals surface area contributed by atoms with Gasteiger partial charge in [-0.1, -0.05) is 38.1 Å². The summed E-state index contributed by atoms with van der Waals surface area (Å²) in [6.07, 6.45) is 2.30. The molecule has 0 spiro atoms. The first-order valence-corrected chi connectivity index (χ1v) is 12.3. The molecule has 2 aromatic carbocycles. The summed E-state index contributed by atoms with van der Waals surface area (Å²) in [7, 11) is -6.58. The topological polar surface area (TPSA) is 85.3 Å². The second kappa shape index (κ2) is 6.27. The predicted molar refractivity (Wildman–Crippen MR) is 103 cm³/mol. The third-order valence-corrected chi connectivity index (χ3v) is 7.62. The fourth-order valence-corrected chi connectivity index (χ4v) is 5.08. The molecule has 0 unspecified atom stereocenters. The van der Waals surface area contributed by atoms with Gasteiger partial charge in [-0.3, -0.25) is 4.79 Å². The molecule has 27 heavy (non-hydrogen) atoms. The zero-order chi connectivity index (χ0) is 20.2. The van der Waals surface area contributed by atoms with Crippen molar-refractivity contribution in [2.75, 3.05) is 12.5 Å². The van der Waals surface area contributed by atoms with Gasteiger partial charge in [0.05, 0.1) is 15.7 Å². The first-order chi connectivity index (χ1) is 12.3. The Morgan fingerprint density at radius 3 is 1.44 bits per heavy atom. The van der Waals surface area contributed by atoms with E-state index in [9.17, 15) is 21.6 Å². The van der Waals surface area contributed by atoms with Crippen molar-refractivity contribution in [3.05, 3.63) is 59.7 Å². The van der Waals surface area contributed by atoms with E-state index in [1.807, 2.05) is 13.8 Å². The summed E-state index contributed by atoms with van der Waals surface area (Å²) in [5.41, 5.74) is 1.08. The average Bonchev–Trinajstić information content (AvgIpc) is 2.57. The van der Waals surface area contributed by atoms with Crippen LogP contribution in [0, 0.1) is 5.41 Å². The van der Waals surface area contributed by atoms with Crippen LogP contribution in [0.15, 0.2) is 58.3 Å². The predicted octanol–water partition coefficient (Wildman–Crippen LogP) is 2.97. The molecule has 0 N–H and O–H groups in total. The first-order valence-electron chi connectivity index (χ1n) is 8.48. The minimum absolute atomic E-state index is 0.0896. The average molecular weight is 407 g/mol. The number of carbonyl (C=O) groups is 1. The van der Waals surface area contributed by atoms with Gasteiger partial charge in [-0.2, -0.15) is 0 Å². The quantitative estimate of drug-likeness (QED) is 0.779. The Morgan fingerprint density at radius 1 is 0.704 bits per heavy atom. The van der Waals surface area contributed by atoms with Crippen molar-refractivity contribution >= 4 is 25.5 Å². The number of ketones is 1. The summed E-state index contributed by atoms with van der Waals surface area (Å²) in [6.45, 7) is 3.76. The van der Waals surface area contributed by atoms with Gasteiger partial charge in [0, 0.05) is 23.8 Å². The van der Waals surface area contributed by atoms with E-state index >= 15 is 0 Å². The van der Waals surface area contributed by atoms with Gasteiger partial charge in [-0.25, -0.2) is 16.8 Å². The lowest BCUT2D eigenvalue weighted by atomic mass is 9.51. The maximum Gasteiger partial charge on any atom is 0.175 e. The molecule has 1 aliphatic rings. The lowest BCUT2D eigenvalue weighted by Gasteiger charge is -2.50. The molecule has 0 saturated heterocycles. The van der Waals surface area contributed by atoms with E-state index in [-0.39, 0.29) is 27.4 Å². The highest BCUT2D eigenvalue weighted by Gasteiger charge is 2.56. The van der Waals surface area contributed by atoms with Gasteiger partial charge >= 0.3 is 0 Å². The second-order valence-corrected chi connectivity index (χ2v) is 11.8. The van der Waals surface area contributed by atoms with E-state index in [0.717, 1.165) is 23.6 Å². The Hall–Kier alpha value is -1.99. The molecule has 0 heterocycles. The van der Waals surface area contributed by atoms with Crippen molar-refractivity contribution in [3.8, 4) is 0 Å². The molecule has 0 aliphatic heterocycles. The summed E-state index contributed by atoms with van der Waals surface area (Å²) >= 11 is 0. The van der Waals surface area contributed by atoms with Gasteiger partial charge in [0.25, 0.3) is 0 Å². The van der Waals surface area contributed by atoms with Crippen molar-refractivity contribution in [1.82, 2.24) is 0 Å². The zero-order valence-corrected chi connectivity index (χ0v) is 17.3. The van der Waals surface area contributed by atoms with Gasteiger partial charge in [0.1, 0.15) is 5.78 Å². The molecule has 3 rings (SSSR count). The molecule has 5 nitrogen and oxygen atoms in total. The Bertz CT molecular complexity index is 1090. The highest BCUT2D eigenvalue weighted by Crippen LogP contribution is 2.58. The molecule has 0 amide bonds. The summed E-state index contributed by atoms with van der Waals surface area (Å²) in [5.74, 6) is -0.396. The molecule has 0 bridgehead atoms. The molecule has 1 saturated carbocycles. The van der Waals surface area contributed by atoms with Crippen LogP contribution in [-0.2, 0) is 24.5 Å². The number of Topliss-reactive ketones (excluding diaryl/α,β-unsaturated/α-hetero) is 1. The van der Waals surface area contributed by atoms with Crippen molar-refractivity contribution < 1.29 is 21.6 Å². The third-order valence-electron chi connectivity index (χ3n) is 5.36. The molecule has 2 aromatic rings. The highest BCUT2D eigenvalue weighted by atomic mass is 32.2. The van der Waals surface area contributed by atoms with Crippen LogP contribution in [0.3, 0.4) is 0 Å². The molecule has 0 radical (unpaired) electrons. The largest absolute Gasteiger partial charge is 0.298 e. The van der Waals surface area contributed by atoms with Crippen LogP contribution in [0.2, 0.25) is 0 Å². The van der Waals surface area contributed by atoms with Crippen molar-refractivity contribution in [3.63, 3.8) is 0 Å². The Morgan fingerprint density at radius 2 is 1.07 bits per heavy atom. The maximum absolute atomic E-state index is 12.8. The van der Waals surface area contributed by atoms with Gasteiger partial charge in [-0.15, -0.1) is 0 Å². The lowest BCUT2D eigenvalue weighted by molar-refractivity contribution is -0.141. The van der Waals surface area contributed by atoms with Crippen molar-refractivity contribution in [2.24, 2.45) is 5.41 Å². The van der Waals surface area contributed by atoms with E-state index < -0.39 is 25.1 Å². The van der Waals surface area contributed by atoms with Crippen LogP contribution in [0.4, 0.5) is 0 Å². The summed E-state index contributed by atoms with van der Waals surface area (Å²) in [4.78, 5) is 13.2.